The number of aromatic hydroxyl groups is 2. The van der Waals surface area contributed by atoms with E-state index in [1.807, 2.05) is 0 Å². The number of rotatable bonds is 2. The molecule has 2 aromatic carbocycles. The van der Waals surface area contributed by atoms with Gasteiger partial charge in [-0.15, -0.1) is 0 Å². The highest BCUT2D eigenvalue weighted by Crippen LogP contribution is 2.34. The van der Waals surface area contributed by atoms with Crippen LogP contribution in [0.4, 0.5) is 8.78 Å². The van der Waals surface area contributed by atoms with Crippen LogP contribution >= 0.6 is 0 Å². The second kappa shape index (κ2) is 5.94. The third-order valence-electron chi connectivity index (χ3n) is 2.88. The monoisotopic (exact) mass is 298 g/mol. The zero-order chi connectivity index (χ0) is 16.3. The molecule has 0 aliphatic heterocycles. The summed E-state index contributed by atoms with van der Waals surface area (Å²) in [6, 6.07) is 7.30. The summed E-state index contributed by atoms with van der Waals surface area (Å²) < 4.78 is 26.2. The molecule has 0 saturated carbocycles. The Kier molecular flexibility index (Phi) is 4.06. The fourth-order valence-corrected chi connectivity index (χ4v) is 1.90. The zero-order valence-corrected chi connectivity index (χ0v) is 11.0. The molecular weight excluding hydrogens is 290 g/mol. The highest BCUT2D eigenvalue weighted by molar-refractivity contribution is 5.79. The van der Waals surface area contributed by atoms with Gasteiger partial charge in [0.15, 0.2) is 11.5 Å². The van der Waals surface area contributed by atoms with E-state index in [1.165, 1.54) is 12.2 Å². The molecule has 0 atom stereocenters. The molecule has 6 heteroatoms. The van der Waals surface area contributed by atoms with Gasteiger partial charge in [-0.1, -0.05) is 12.2 Å². The fraction of sp³-hybridized carbons (Fsp3) is 0. The van der Waals surface area contributed by atoms with Gasteiger partial charge >= 0.3 is 0 Å². The molecule has 0 bridgehead atoms. The molecule has 0 amide bonds. The molecule has 0 fully saturated rings. The molecule has 2 rings (SSSR count). The van der Waals surface area contributed by atoms with Crippen molar-refractivity contribution in [3.05, 3.63) is 58.2 Å². The van der Waals surface area contributed by atoms with Crippen LogP contribution in [0.15, 0.2) is 24.3 Å². The zero-order valence-electron chi connectivity index (χ0n) is 11.0. The van der Waals surface area contributed by atoms with E-state index in [9.17, 15) is 19.0 Å². The van der Waals surface area contributed by atoms with Crippen molar-refractivity contribution in [2.24, 2.45) is 0 Å². The lowest BCUT2D eigenvalue weighted by atomic mass is 9.99. The number of hydrogen-bond donors (Lipinski definition) is 2. The molecule has 0 aromatic heterocycles. The van der Waals surface area contributed by atoms with E-state index in [-0.39, 0.29) is 22.3 Å². The Labute approximate surface area is 124 Å². The first-order valence-electron chi connectivity index (χ1n) is 5.99. The maximum absolute atomic E-state index is 13.1. The lowest BCUT2D eigenvalue weighted by molar-refractivity contribution is 0.402. The highest BCUT2D eigenvalue weighted by atomic mass is 19.1. The van der Waals surface area contributed by atoms with Gasteiger partial charge in [0, 0.05) is 17.7 Å². The Bertz CT molecular complexity index is 842. The standard InChI is InChI=1S/C16H8F2N2O2/c17-11-3-9(4-12(18)6-11)1-2-13-10(7-19)5-15(21)16(22)14(13)8-20/h1-6,21-22H/b2-1+. The Morgan fingerprint density at radius 1 is 0.909 bits per heavy atom. The second-order valence-corrected chi connectivity index (χ2v) is 4.34. The summed E-state index contributed by atoms with van der Waals surface area (Å²) in [4.78, 5) is 0. The van der Waals surface area contributed by atoms with Crippen molar-refractivity contribution < 1.29 is 19.0 Å². The maximum atomic E-state index is 13.1. The number of hydrogen-bond acceptors (Lipinski definition) is 4. The van der Waals surface area contributed by atoms with Crippen LogP contribution < -0.4 is 0 Å². The lowest BCUT2D eigenvalue weighted by Crippen LogP contribution is -1.90. The van der Waals surface area contributed by atoms with E-state index in [0.29, 0.717) is 6.07 Å². The van der Waals surface area contributed by atoms with Gasteiger partial charge < -0.3 is 10.2 Å². The maximum Gasteiger partial charge on any atom is 0.176 e. The third kappa shape index (κ3) is 2.87. The topological polar surface area (TPSA) is 88.0 Å². The molecule has 0 heterocycles. The molecule has 0 aliphatic carbocycles. The normalized spacial score (nSPS) is 10.4. The summed E-state index contributed by atoms with van der Waals surface area (Å²) in [5, 5.41) is 37.2. The third-order valence-corrected chi connectivity index (χ3v) is 2.88. The van der Waals surface area contributed by atoms with Crippen molar-refractivity contribution in [1.82, 2.24) is 0 Å². The van der Waals surface area contributed by atoms with E-state index >= 15 is 0 Å². The molecule has 0 unspecified atom stereocenters. The van der Waals surface area contributed by atoms with Crippen LogP contribution in [0.3, 0.4) is 0 Å². The highest BCUT2D eigenvalue weighted by Gasteiger charge is 2.15. The summed E-state index contributed by atoms with van der Waals surface area (Å²) in [7, 11) is 0. The minimum Gasteiger partial charge on any atom is -0.504 e. The van der Waals surface area contributed by atoms with Crippen molar-refractivity contribution >= 4 is 12.2 Å². The number of nitrogens with zero attached hydrogens (tertiary/aromatic N) is 2. The predicted molar refractivity (Wildman–Crippen MR) is 74.5 cm³/mol. The summed E-state index contributed by atoms with van der Waals surface area (Å²) in [6.45, 7) is 0. The SMILES string of the molecule is N#Cc1cc(O)c(O)c(C#N)c1/C=C/c1cc(F)cc(F)c1. The van der Waals surface area contributed by atoms with Crippen molar-refractivity contribution in [2.45, 2.75) is 0 Å². The summed E-state index contributed by atoms with van der Waals surface area (Å²) in [5.41, 5.74) is -0.132. The number of phenols is 2. The van der Waals surface area contributed by atoms with E-state index in [1.54, 1.807) is 12.1 Å². The largest absolute Gasteiger partial charge is 0.504 e. The van der Waals surface area contributed by atoms with E-state index in [2.05, 4.69) is 0 Å². The minimum atomic E-state index is -0.769. The molecule has 2 N–H and O–H groups in total. The lowest BCUT2D eigenvalue weighted by Gasteiger charge is -2.06. The van der Waals surface area contributed by atoms with Gasteiger partial charge in [-0.05, 0) is 17.7 Å². The van der Waals surface area contributed by atoms with Crippen molar-refractivity contribution in [3.63, 3.8) is 0 Å². The molecular formula is C16H8F2N2O2. The smallest absolute Gasteiger partial charge is 0.176 e. The van der Waals surface area contributed by atoms with Crippen LogP contribution in [-0.2, 0) is 0 Å². The molecule has 0 aliphatic rings. The average Bonchev–Trinajstić information content (AvgIpc) is 2.47. The van der Waals surface area contributed by atoms with Crippen molar-refractivity contribution in [1.29, 1.82) is 10.5 Å². The van der Waals surface area contributed by atoms with Crippen LogP contribution in [0.2, 0.25) is 0 Å². The van der Waals surface area contributed by atoms with Gasteiger partial charge in [-0.2, -0.15) is 10.5 Å². The Balaban J connectivity index is 2.58. The Morgan fingerprint density at radius 3 is 2.09 bits per heavy atom. The first kappa shape index (κ1) is 15.0. The summed E-state index contributed by atoms with van der Waals surface area (Å²) in [6.07, 6.45) is 2.56. The Hall–Kier alpha value is -3.38. The van der Waals surface area contributed by atoms with Gasteiger partial charge in [-0.25, -0.2) is 8.78 Å². The summed E-state index contributed by atoms with van der Waals surface area (Å²) >= 11 is 0. The minimum absolute atomic E-state index is 0.0463. The molecule has 0 radical (unpaired) electrons. The quantitative estimate of drug-likeness (QED) is 0.657. The fourth-order valence-electron chi connectivity index (χ4n) is 1.90. The van der Waals surface area contributed by atoms with Crippen LogP contribution in [-0.4, -0.2) is 10.2 Å². The predicted octanol–water partition coefficient (Wildman–Crippen LogP) is 3.29. The first-order chi connectivity index (χ1) is 10.5. The van der Waals surface area contributed by atoms with Crippen molar-refractivity contribution in [3.8, 4) is 23.6 Å². The van der Waals surface area contributed by atoms with Crippen LogP contribution in [0, 0.1) is 34.3 Å². The molecule has 22 heavy (non-hydrogen) atoms. The van der Waals surface area contributed by atoms with Crippen LogP contribution in [0.25, 0.3) is 12.2 Å². The van der Waals surface area contributed by atoms with Gasteiger partial charge in [0.1, 0.15) is 23.3 Å². The average molecular weight is 298 g/mol. The number of halogens is 2. The number of nitriles is 2. The van der Waals surface area contributed by atoms with E-state index in [4.69, 9.17) is 10.5 Å². The molecule has 0 spiro atoms. The summed E-state index contributed by atoms with van der Waals surface area (Å²) in [5.74, 6) is -2.79. The van der Waals surface area contributed by atoms with E-state index in [0.717, 1.165) is 18.2 Å². The number of benzene rings is 2. The second-order valence-electron chi connectivity index (χ2n) is 4.34. The van der Waals surface area contributed by atoms with Crippen LogP contribution in [0.1, 0.15) is 22.3 Å². The van der Waals surface area contributed by atoms with Crippen molar-refractivity contribution in [2.75, 3.05) is 0 Å². The molecule has 0 saturated heterocycles. The molecule has 2 aromatic rings. The number of phenolic OH excluding ortho intramolecular Hbond substituents is 2. The van der Waals surface area contributed by atoms with Gasteiger partial charge in [-0.3, -0.25) is 0 Å². The van der Waals surface area contributed by atoms with Crippen LogP contribution in [0.5, 0.6) is 11.5 Å². The van der Waals surface area contributed by atoms with E-state index < -0.39 is 23.1 Å². The van der Waals surface area contributed by atoms with Gasteiger partial charge in [0.25, 0.3) is 0 Å². The first-order valence-corrected chi connectivity index (χ1v) is 5.99. The van der Waals surface area contributed by atoms with Gasteiger partial charge in [0.05, 0.1) is 11.6 Å². The Morgan fingerprint density at radius 2 is 1.55 bits per heavy atom. The molecule has 4 nitrogen and oxygen atoms in total. The van der Waals surface area contributed by atoms with Gasteiger partial charge in [0.2, 0.25) is 0 Å². The molecule has 108 valence electrons.